The van der Waals surface area contributed by atoms with E-state index in [-0.39, 0.29) is 24.6 Å². The normalized spacial score (nSPS) is 13.1. The quantitative estimate of drug-likeness (QED) is 0.197. The zero-order valence-corrected chi connectivity index (χ0v) is 12.7. The van der Waals surface area contributed by atoms with Crippen LogP contribution < -0.4 is 5.73 Å². The maximum atomic E-state index is 11.8. The lowest BCUT2D eigenvalue weighted by Gasteiger charge is -2.08. The van der Waals surface area contributed by atoms with Gasteiger partial charge in [-0.1, -0.05) is 0 Å². The zero-order valence-electron chi connectivity index (χ0n) is 12.7. The van der Waals surface area contributed by atoms with Gasteiger partial charge in [0.05, 0.1) is 19.4 Å². The molecule has 22 heavy (non-hydrogen) atoms. The van der Waals surface area contributed by atoms with E-state index in [2.05, 4.69) is 10.2 Å². The van der Waals surface area contributed by atoms with Gasteiger partial charge in [-0.05, 0) is 32.9 Å². The van der Waals surface area contributed by atoms with Gasteiger partial charge in [-0.2, -0.15) is 5.10 Å². The molecule has 0 saturated carbocycles. The second kappa shape index (κ2) is 8.50. The average Bonchev–Trinajstić information content (AvgIpc) is 2.85. The Balaban J connectivity index is 2.98. The highest BCUT2D eigenvalue weighted by Crippen LogP contribution is 2.08. The molecule has 8 nitrogen and oxygen atoms in total. The number of hydrogen-bond donors (Lipinski definition) is 2. The number of rotatable bonds is 7. The van der Waals surface area contributed by atoms with Crippen LogP contribution >= 0.6 is 0 Å². The van der Waals surface area contributed by atoms with E-state index >= 15 is 0 Å². The minimum Gasteiger partial charge on any atom is -0.480 e. The Labute approximate surface area is 127 Å². The van der Waals surface area contributed by atoms with Gasteiger partial charge in [0.1, 0.15) is 11.5 Å². The van der Waals surface area contributed by atoms with Gasteiger partial charge in [0.2, 0.25) is 0 Å². The third-order valence-corrected chi connectivity index (χ3v) is 2.34. The topological polar surface area (TPSA) is 120 Å². The highest BCUT2D eigenvalue weighted by Gasteiger charge is 2.22. The molecule has 0 atom stereocenters. The smallest absolute Gasteiger partial charge is 0.349 e. The number of hydrogen-bond acceptors (Lipinski definition) is 7. The van der Waals surface area contributed by atoms with Gasteiger partial charge in [0.25, 0.3) is 5.95 Å². The van der Waals surface area contributed by atoms with Crippen molar-refractivity contribution in [2.24, 2.45) is 15.9 Å². The van der Waals surface area contributed by atoms with Crippen LogP contribution in [0, 0.1) is 6.92 Å². The largest absolute Gasteiger partial charge is 0.480 e. The van der Waals surface area contributed by atoms with Gasteiger partial charge in [-0.15, -0.1) is 5.10 Å². The SMILES string of the molecule is CCOC(=O)C(/C(N)=N/N=Cc1ccc(C)o1)=C(/O)OCC. The summed E-state index contributed by atoms with van der Waals surface area (Å²) < 4.78 is 14.9. The van der Waals surface area contributed by atoms with Crippen molar-refractivity contribution in [3.05, 3.63) is 35.2 Å². The highest BCUT2D eigenvalue weighted by molar-refractivity contribution is 6.18. The summed E-state index contributed by atoms with van der Waals surface area (Å²) in [6.45, 7) is 5.32. The van der Waals surface area contributed by atoms with E-state index in [4.69, 9.17) is 19.6 Å². The first-order chi connectivity index (χ1) is 10.5. The second-order valence-corrected chi connectivity index (χ2v) is 4.01. The number of ether oxygens (including phenoxy) is 2. The van der Waals surface area contributed by atoms with Crippen LogP contribution in [0.4, 0.5) is 0 Å². The molecule has 0 unspecified atom stereocenters. The second-order valence-electron chi connectivity index (χ2n) is 4.01. The molecule has 8 heteroatoms. The van der Waals surface area contributed by atoms with Crippen molar-refractivity contribution in [2.75, 3.05) is 13.2 Å². The van der Waals surface area contributed by atoms with Crippen LogP contribution in [0.15, 0.2) is 38.3 Å². The Morgan fingerprint density at radius 2 is 2.05 bits per heavy atom. The molecule has 0 aliphatic heterocycles. The van der Waals surface area contributed by atoms with Crippen LogP contribution in [0.25, 0.3) is 0 Å². The molecule has 1 aromatic heterocycles. The van der Waals surface area contributed by atoms with Crippen LogP contribution in [0.3, 0.4) is 0 Å². The number of carbonyl (C=O) groups excluding carboxylic acids is 1. The Hall–Kier alpha value is -2.77. The maximum absolute atomic E-state index is 11.8. The van der Waals surface area contributed by atoms with Crippen molar-refractivity contribution >= 4 is 18.0 Å². The number of carbonyl (C=O) groups is 1. The van der Waals surface area contributed by atoms with E-state index in [9.17, 15) is 9.90 Å². The van der Waals surface area contributed by atoms with Crippen LogP contribution in [0.2, 0.25) is 0 Å². The summed E-state index contributed by atoms with van der Waals surface area (Å²) in [7, 11) is 0. The third-order valence-electron chi connectivity index (χ3n) is 2.34. The first kappa shape index (κ1) is 17.3. The van der Waals surface area contributed by atoms with Crippen molar-refractivity contribution in [3.8, 4) is 0 Å². The van der Waals surface area contributed by atoms with Crippen molar-refractivity contribution in [2.45, 2.75) is 20.8 Å². The fourth-order valence-corrected chi connectivity index (χ4v) is 1.43. The molecule has 0 aliphatic rings. The van der Waals surface area contributed by atoms with Gasteiger partial charge >= 0.3 is 5.97 Å². The molecule has 1 heterocycles. The number of esters is 1. The lowest BCUT2D eigenvalue weighted by Crippen LogP contribution is -2.25. The predicted octanol–water partition coefficient (Wildman–Crippen LogP) is 1.65. The van der Waals surface area contributed by atoms with E-state index in [1.165, 1.54) is 6.21 Å². The van der Waals surface area contributed by atoms with Gasteiger partial charge in [0.15, 0.2) is 11.4 Å². The molecule has 120 valence electrons. The number of nitrogens with zero attached hydrogens (tertiary/aromatic N) is 2. The van der Waals surface area contributed by atoms with Crippen LogP contribution in [0.1, 0.15) is 25.4 Å². The van der Waals surface area contributed by atoms with Crippen LogP contribution in [-0.2, 0) is 14.3 Å². The fourth-order valence-electron chi connectivity index (χ4n) is 1.43. The van der Waals surface area contributed by atoms with Crippen LogP contribution in [0.5, 0.6) is 0 Å². The minimum absolute atomic E-state index is 0.115. The lowest BCUT2D eigenvalue weighted by atomic mass is 10.2. The van der Waals surface area contributed by atoms with E-state index < -0.39 is 11.9 Å². The number of aryl methyl sites for hydroxylation is 1. The van der Waals surface area contributed by atoms with Gasteiger partial charge < -0.3 is 24.7 Å². The molecule has 0 aliphatic carbocycles. The van der Waals surface area contributed by atoms with E-state index in [1.54, 1.807) is 32.9 Å². The Kier molecular flexibility index (Phi) is 6.68. The fraction of sp³-hybridized carbons (Fsp3) is 0.357. The number of aliphatic hydroxyl groups is 1. The molecule has 1 rings (SSSR count). The van der Waals surface area contributed by atoms with Gasteiger partial charge in [-0.25, -0.2) is 4.79 Å². The van der Waals surface area contributed by atoms with Crippen molar-refractivity contribution in [3.63, 3.8) is 0 Å². The van der Waals surface area contributed by atoms with Crippen molar-refractivity contribution < 1.29 is 23.8 Å². The van der Waals surface area contributed by atoms with Crippen molar-refractivity contribution in [1.82, 2.24) is 0 Å². The molecule has 0 fully saturated rings. The monoisotopic (exact) mass is 309 g/mol. The highest BCUT2D eigenvalue weighted by atomic mass is 16.6. The molecule has 0 spiro atoms. The molecule has 3 N–H and O–H groups in total. The molecule has 0 radical (unpaired) electrons. The first-order valence-electron chi connectivity index (χ1n) is 6.66. The first-order valence-corrected chi connectivity index (χ1v) is 6.66. The van der Waals surface area contributed by atoms with Crippen LogP contribution in [-0.4, -0.2) is 36.3 Å². The zero-order chi connectivity index (χ0) is 16.5. The predicted molar refractivity (Wildman–Crippen MR) is 80.6 cm³/mol. The number of amidine groups is 1. The van der Waals surface area contributed by atoms with E-state index in [1.807, 2.05) is 0 Å². The van der Waals surface area contributed by atoms with E-state index in [0.717, 1.165) is 5.76 Å². The molecular formula is C14H19N3O5. The molecule has 0 amide bonds. The maximum Gasteiger partial charge on any atom is 0.349 e. The summed E-state index contributed by atoms with van der Waals surface area (Å²) in [5, 5.41) is 17.1. The van der Waals surface area contributed by atoms with E-state index in [0.29, 0.717) is 5.76 Å². The summed E-state index contributed by atoms with van der Waals surface area (Å²) in [5.41, 5.74) is 5.28. The lowest BCUT2D eigenvalue weighted by molar-refractivity contribution is -0.138. The molecule has 0 bridgehead atoms. The molecule has 0 aromatic carbocycles. The third kappa shape index (κ3) is 4.97. The molecular weight excluding hydrogens is 290 g/mol. The summed E-state index contributed by atoms with van der Waals surface area (Å²) in [5.74, 6) is -0.641. The summed E-state index contributed by atoms with van der Waals surface area (Å²) >= 11 is 0. The Bertz CT molecular complexity index is 601. The van der Waals surface area contributed by atoms with Crippen molar-refractivity contribution in [1.29, 1.82) is 0 Å². The number of aliphatic hydroxyl groups excluding tert-OH is 1. The summed E-state index contributed by atoms with van der Waals surface area (Å²) in [4.78, 5) is 11.8. The Morgan fingerprint density at radius 1 is 1.36 bits per heavy atom. The molecule has 0 saturated heterocycles. The standard InChI is InChI=1S/C14H19N3O5/c1-4-20-13(18)11(14(19)21-5-2)12(15)17-16-8-10-7-6-9(3)22-10/h6-8,18H,4-5H2,1-3H3,(H2,15,17)/b13-11-,16-8?. The molecule has 1 aromatic rings. The Morgan fingerprint density at radius 3 is 2.59 bits per heavy atom. The average molecular weight is 309 g/mol. The summed E-state index contributed by atoms with van der Waals surface area (Å²) in [6.07, 6.45) is 1.32. The van der Waals surface area contributed by atoms with Gasteiger partial charge in [-0.3, -0.25) is 0 Å². The van der Waals surface area contributed by atoms with Gasteiger partial charge in [0, 0.05) is 0 Å². The number of furan rings is 1. The minimum atomic E-state index is -0.848. The number of nitrogens with two attached hydrogens (primary N) is 1. The summed E-state index contributed by atoms with van der Waals surface area (Å²) in [6, 6.07) is 3.46.